The smallest absolute Gasteiger partial charge is 0.190 e. The first-order valence-electron chi connectivity index (χ1n) is 10.8. The molecule has 0 amide bonds. The third kappa shape index (κ3) is 2.18. The molecule has 0 radical (unpaired) electrons. The molecule has 0 aromatic heterocycles. The van der Waals surface area contributed by atoms with Crippen molar-refractivity contribution >= 4 is 17.5 Å². The summed E-state index contributed by atoms with van der Waals surface area (Å²) in [5.74, 6) is -0.334. The van der Waals surface area contributed by atoms with E-state index in [9.17, 15) is 24.9 Å². The Bertz CT molecular complexity index is 923. The first-order valence-corrected chi connectivity index (χ1v) is 10.8. The van der Waals surface area contributed by atoms with Gasteiger partial charge in [-0.25, -0.2) is 4.99 Å². The van der Waals surface area contributed by atoms with Gasteiger partial charge in [-0.15, -0.1) is 0 Å². The van der Waals surface area contributed by atoms with Gasteiger partial charge in [0.2, 0.25) is 0 Å². The van der Waals surface area contributed by atoms with Gasteiger partial charge >= 0.3 is 0 Å². The maximum absolute atomic E-state index is 13.1. The molecule has 0 aromatic carbocycles. The van der Waals surface area contributed by atoms with Crippen LogP contribution < -0.4 is 0 Å². The summed E-state index contributed by atoms with van der Waals surface area (Å²) in [6, 6.07) is 0. The topological polar surface area (TPSA) is 116 Å². The minimum Gasteiger partial charge on any atom is -0.475 e. The van der Waals surface area contributed by atoms with E-state index in [4.69, 9.17) is 4.74 Å². The number of ketones is 2. The quantitative estimate of drug-likeness (QED) is 0.619. The number of carbonyl (C=O) groups is 2. The number of ether oxygens (including phenoxy) is 1. The first kappa shape index (κ1) is 20.1. The minimum absolute atomic E-state index is 0.0118. The van der Waals surface area contributed by atoms with Gasteiger partial charge in [0.05, 0.1) is 12.2 Å². The van der Waals surface area contributed by atoms with Gasteiger partial charge in [0.1, 0.15) is 12.7 Å². The molecule has 5 aliphatic rings. The van der Waals surface area contributed by atoms with Gasteiger partial charge in [-0.2, -0.15) is 0 Å². The van der Waals surface area contributed by atoms with Gasteiger partial charge in [-0.1, -0.05) is 19.9 Å². The van der Waals surface area contributed by atoms with Crippen molar-refractivity contribution in [3.63, 3.8) is 0 Å². The van der Waals surface area contributed by atoms with Crippen LogP contribution in [0.4, 0.5) is 0 Å². The van der Waals surface area contributed by atoms with Crippen LogP contribution in [0.15, 0.2) is 28.8 Å². The predicted octanol–water partition coefficient (Wildman–Crippen LogP) is 0.963. The molecule has 9 atom stereocenters. The van der Waals surface area contributed by atoms with E-state index in [1.165, 1.54) is 12.2 Å². The summed E-state index contributed by atoms with van der Waals surface area (Å²) in [7, 11) is 0. The average molecular weight is 415 g/mol. The number of hydrogen-bond acceptors (Lipinski definition) is 7. The summed E-state index contributed by atoms with van der Waals surface area (Å²) in [4.78, 5) is 29.7. The zero-order valence-electron chi connectivity index (χ0n) is 17.5. The number of fused-ring (bicyclic) bond motifs is 7. The minimum atomic E-state index is -1.21. The van der Waals surface area contributed by atoms with Crippen LogP contribution in [0.5, 0.6) is 0 Å². The number of nitrogens with zero attached hydrogens (tertiary/aromatic N) is 1. The Kier molecular flexibility index (Phi) is 4.09. The molecule has 30 heavy (non-hydrogen) atoms. The molecule has 7 heteroatoms. The SMILES string of the molecule is CC1=NC2(C(=O)CO)C(C[C@@H]3[C@H]4C[C@@H](O)C5=CC(=O)C=C[C@@]5(C)[C@@H]4[C@H](O)C[C@]32C)O1. The number of rotatable bonds is 2. The molecular weight excluding hydrogens is 386 g/mol. The van der Waals surface area contributed by atoms with Gasteiger partial charge in [-0.3, -0.25) is 9.59 Å². The zero-order chi connectivity index (χ0) is 21.6. The number of hydrogen-bond donors (Lipinski definition) is 3. The molecule has 0 spiro atoms. The van der Waals surface area contributed by atoms with E-state index in [0.29, 0.717) is 30.7 Å². The fourth-order valence-electron chi connectivity index (χ4n) is 7.86. The lowest BCUT2D eigenvalue weighted by Crippen LogP contribution is -2.63. The second-order valence-corrected chi connectivity index (χ2v) is 10.2. The highest BCUT2D eigenvalue weighted by Crippen LogP contribution is 2.69. The van der Waals surface area contributed by atoms with Crippen LogP contribution in [0.25, 0.3) is 0 Å². The van der Waals surface area contributed by atoms with Crippen LogP contribution in [0, 0.1) is 28.6 Å². The van der Waals surface area contributed by atoms with Crippen LogP contribution in [-0.2, 0) is 14.3 Å². The highest BCUT2D eigenvalue weighted by molar-refractivity contribution is 6.01. The number of aliphatic hydroxyl groups excluding tert-OH is 3. The van der Waals surface area contributed by atoms with Crippen LogP contribution in [-0.4, -0.2) is 63.2 Å². The molecule has 162 valence electrons. The number of aliphatic hydroxyl groups is 3. The lowest BCUT2D eigenvalue weighted by molar-refractivity contribution is -0.150. The standard InChI is InChI=1S/C23H29NO6/c1-11-24-23(18(29)10-25)19(30-11)8-14-13-7-16(27)15-6-12(26)4-5-21(15,2)20(13)17(28)9-22(14,23)3/h4-6,13-14,16-17,19-20,25,27-28H,7-10H2,1-3H3/t13-,14-,16-,17-,19?,20+,21-,22-,23?/m1/s1. The molecular formula is C23H29NO6. The van der Waals surface area contributed by atoms with Gasteiger partial charge in [0, 0.05) is 23.7 Å². The Hall–Kier alpha value is -1.83. The maximum atomic E-state index is 13.1. The summed E-state index contributed by atoms with van der Waals surface area (Å²) in [5, 5.41) is 32.2. The fraction of sp³-hybridized carbons (Fsp3) is 0.696. The monoisotopic (exact) mass is 415 g/mol. The largest absolute Gasteiger partial charge is 0.475 e. The Labute approximate surface area is 175 Å². The third-order valence-corrected chi connectivity index (χ3v) is 8.92. The van der Waals surface area contributed by atoms with Crippen molar-refractivity contribution in [1.29, 1.82) is 0 Å². The molecule has 7 nitrogen and oxygen atoms in total. The summed E-state index contributed by atoms with van der Waals surface area (Å²) in [5.41, 5.74) is -1.85. The van der Waals surface area contributed by atoms with Crippen LogP contribution in [0.1, 0.15) is 40.0 Å². The van der Waals surface area contributed by atoms with Crippen molar-refractivity contribution in [1.82, 2.24) is 0 Å². The number of allylic oxidation sites excluding steroid dienone is 3. The van der Waals surface area contributed by atoms with Crippen molar-refractivity contribution in [2.45, 2.75) is 63.9 Å². The number of carbonyl (C=O) groups excluding carboxylic acids is 2. The van der Waals surface area contributed by atoms with Crippen molar-refractivity contribution in [2.24, 2.45) is 33.6 Å². The summed E-state index contributed by atoms with van der Waals surface area (Å²) < 4.78 is 5.96. The molecule has 1 heterocycles. The van der Waals surface area contributed by atoms with E-state index in [0.717, 1.165) is 0 Å². The van der Waals surface area contributed by atoms with Crippen molar-refractivity contribution in [2.75, 3.05) is 6.61 Å². The Morgan fingerprint density at radius 3 is 2.73 bits per heavy atom. The summed E-state index contributed by atoms with van der Waals surface area (Å²) >= 11 is 0. The second kappa shape index (κ2) is 6.11. The van der Waals surface area contributed by atoms with E-state index in [1.807, 2.05) is 19.9 Å². The van der Waals surface area contributed by atoms with E-state index >= 15 is 0 Å². The van der Waals surface area contributed by atoms with Crippen molar-refractivity contribution < 1.29 is 29.6 Å². The Morgan fingerprint density at radius 1 is 1.30 bits per heavy atom. The van der Waals surface area contributed by atoms with Crippen LogP contribution >= 0.6 is 0 Å². The zero-order valence-corrected chi connectivity index (χ0v) is 17.5. The van der Waals surface area contributed by atoms with Gasteiger partial charge in [0.25, 0.3) is 0 Å². The highest BCUT2D eigenvalue weighted by Gasteiger charge is 2.74. The van der Waals surface area contributed by atoms with Crippen LogP contribution in [0.2, 0.25) is 0 Å². The van der Waals surface area contributed by atoms with Gasteiger partial charge < -0.3 is 20.1 Å². The molecule has 3 saturated carbocycles. The maximum Gasteiger partial charge on any atom is 0.190 e. The fourth-order valence-corrected chi connectivity index (χ4v) is 7.86. The van der Waals surface area contributed by atoms with Crippen molar-refractivity contribution in [3.8, 4) is 0 Å². The summed E-state index contributed by atoms with van der Waals surface area (Å²) in [6.07, 6.45) is 4.23. The van der Waals surface area contributed by atoms with E-state index in [1.54, 1.807) is 6.92 Å². The molecule has 0 saturated heterocycles. The molecule has 0 aromatic rings. The predicted molar refractivity (Wildman–Crippen MR) is 108 cm³/mol. The van der Waals surface area contributed by atoms with E-state index in [2.05, 4.69) is 4.99 Å². The lowest BCUT2D eigenvalue weighted by Gasteiger charge is -2.60. The Balaban J connectivity index is 1.63. The van der Waals surface area contributed by atoms with E-state index < -0.39 is 41.3 Å². The number of Topliss-reactive ketones (excluding diaryl/α,β-unsaturated/α-hetero) is 1. The molecule has 3 fully saturated rings. The van der Waals surface area contributed by atoms with Gasteiger partial charge in [0.15, 0.2) is 23.0 Å². The van der Waals surface area contributed by atoms with E-state index in [-0.39, 0.29) is 29.3 Å². The normalized spacial score (nSPS) is 51.2. The van der Waals surface area contributed by atoms with Crippen molar-refractivity contribution in [3.05, 3.63) is 23.8 Å². The lowest BCUT2D eigenvalue weighted by atomic mass is 9.45. The van der Waals surface area contributed by atoms with Gasteiger partial charge in [-0.05, 0) is 48.8 Å². The third-order valence-electron chi connectivity index (χ3n) is 8.92. The molecule has 2 unspecified atom stereocenters. The average Bonchev–Trinajstić information content (AvgIpc) is 3.13. The summed E-state index contributed by atoms with van der Waals surface area (Å²) in [6.45, 7) is 5.06. The van der Waals surface area contributed by atoms with Crippen LogP contribution in [0.3, 0.4) is 0 Å². The molecule has 5 rings (SSSR count). The molecule has 0 bridgehead atoms. The molecule has 1 aliphatic heterocycles. The highest BCUT2D eigenvalue weighted by atomic mass is 16.5. The second-order valence-electron chi connectivity index (χ2n) is 10.2. The Morgan fingerprint density at radius 2 is 2.03 bits per heavy atom. The number of aliphatic imine (C=N–C) groups is 1. The molecule has 4 aliphatic carbocycles. The first-order chi connectivity index (χ1) is 14.1. The molecule has 3 N–H and O–H groups in total.